The van der Waals surface area contributed by atoms with Crippen LogP contribution in [0, 0.1) is 0 Å². The molecule has 4 nitrogen and oxygen atoms in total. The van der Waals surface area contributed by atoms with Crippen molar-refractivity contribution in [3.63, 3.8) is 0 Å². The fraction of sp³-hybridized carbons (Fsp3) is 0.500. The zero-order valence-corrected chi connectivity index (χ0v) is 12.4. The number of hydrogen-bond donors (Lipinski definition) is 1. The Balaban J connectivity index is 2.04. The Morgan fingerprint density at radius 2 is 2.11 bits per heavy atom. The molecular weight excluding hydrogens is 260 g/mol. The minimum Gasteiger partial charge on any atom is -0.454 e. The maximum atomic E-state index is 5.41. The van der Waals surface area contributed by atoms with Crippen molar-refractivity contribution in [1.82, 2.24) is 10.2 Å². The van der Waals surface area contributed by atoms with Gasteiger partial charge in [0.05, 0.1) is 0 Å². The first-order valence-corrected chi connectivity index (χ1v) is 6.95. The molecule has 0 aromatic heterocycles. The van der Waals surface area contributed by atoms with Crippen LogP contribution in [0.1, 0.15) is 26.3 Å². The predicted molar refractivity (Wildman–Crippen MR) is 79.5 cm³/mol. The lowest BCUT2D eigenvalue weighted by Gasteiger charge is -2.26. The topological polar surface area (TPSA) is 33.7 Å². The summed E-state index contributed by atoms with van der Waals surface area (Å²) in [6, 6.07) is 6.36. The molecule has 1 N–H and O–H groups in total. The average molecular weight is 280 g/mol. The Labute approximate surface area is 119 Å². The molecule has 19 heavy (non-hydrogen) atoms. The normalized spacial score (nSPS) is 12.6. The van der Waals surface area contributed by atoms with Gasteiger partial charge in [-0.15, -0.1) is 0 Å². The van der Waals surface area contributed by atoms with Crippen molar-refractivity contribution in [2.24, 2.45) is 0 Å². The standard InChI is InChI=1S/C14H20N2O2S/c1-4-16(14(19)15-10(2)3)8-11-5-6-12-13(7-11)18-9-17-12/h5-7,10H,4,8-9H2,1-3H3,(H,15,19). The fourth-order valence-corrected chi connectivity index (χ4v) is 2.35. The van der Waals surface area contributed by atoms with E-state index in [1.807, 2.05) is 18.2 Å². The molecule has 0 saturated carbocycles. The molecule has 2 rings (SSSR count). The van der Waals surface area contributed by atoms with Gasteiger partial charge in [-0.1, -0.05) is 6.07 Å². The molecule has 0 unspecified atom stereocenters. The van der Waals surface area contributed by atoms with Crippen LogP contribution in [-0.2, 0) is 6.54 Å². The molecule has 1 heterocycles. The minimum atomic E-state index is 0.309. The van der Waals surface area contributed by atoms with E-state index in [-0.39, 0.29) is 0 Å². The highest BCUT2D eigenvalue weighted by atomic mass is 32.1. The number of nitrogens with zero attached hydrogens (tertiary/aromatic N) is 1. The number of benzene rings is 1. The van der Waals surface area contributed by atoms with Crippen molar-refractivity contribution in [3.8, 4) is 11.5 Å². The number of hydrogen-bond acceptors (Lipinski definition) is 3. The molecule has 1 aliphatic heterocycles. The molecule has 0 bridgehead atoms. The lowest BCUT2D eigenvalue weighted by molar-refractivity contribution is 0.174. The van der Waals surface area contributed by atoms with Crippen LogP contribution < -0.4 is 14.8 Å². The van der Waals surface area contributed by atoms with Gasteiger partial charge >= 0.3 is 0 Å². The zero-order valence-electron chi connectivity index (χ0n) is 11.6. The second-order valence-corrected chi connectivity index (χ2v) is 5.19. The predicted octanol–water partition coefficient (Wildman–Crippen LogP) is 2.52. The third-order valence-electron chi connectivity index (χ3n) is 2.89. The quantitative estimate of drug-likeness (QED) is 0.857. The molecular formula is C14H20N2O2S. The molecule has 1 aromatic carbocycles. The van der Waals surface area contributed by atoms with E-state index in [0.29, 0.717) is 12.8 Å². The second kappa shape index (κ2) is 6.10. The van der Waals surface area contributed by atoms with Crippen LogP contribution in [0.25, 0.3) is 0 Å². The molecule has 0 atom stereocenters. The molecule has 0 aliphatic carbocycles. The number of fused-ring (bicyclic) bond motifs is 1. The van der Waals surface area contributed by atoms with Gasteiger partial charge in [0.25, 0.3) is 0 Å². The summed E-state index contributed by atoms with van der Waals surface area (Å²) < 4.78 is 10.7. The van der Waals surface area contributed by atoms with E-state index in [1.165, 1.54) is 5.56 Å². The molecule has 0 amide bonds. The number of thiocarbonyl (C=S) groups is 1. The number of rotatable bonds is 4. The van der Waals surface area contributed by atoms with Crippen LogP contribution in [0.5, 0.6) is 11.5 Å². The lowest BCUT2D eigenvalue weighted by atomic mass is 10.2. The maximum Gasteiger partial charge on any atom is 0.231 e. The molecule has 104 valence electrons. The first-order valence-electron chi connectivity index (χ1n) is 6.54. The minimum absolute atomic E-state index is 0.309. The van der Waals surface area contributed by atoms with Gasteiger partial charge in [-0.2, -0.15) is 0 Å². The third kappa shape index (κ3) is 3.50. The van der Waals surface area contributed by atoms with Crippen LogP contribution in [0.3, 0.4) is 0 Å². The lowest BCUT2D eigenvalue weighted by Crippen LogP contribution is -2.42. The van der Waals surface area contributed by atoms with E-state index in [0.717, 1.165) is 29.7 Å². The Bertz CT molecular complexity index is 463. The summed E-state index contributed by atoms with van der Waals surface area (Å²) in [4.78, 5) is 2.13. The summed E-state index contributed by atoms with van der Waals surface area (Å²) in [5.74, 6) is 1.63. The monoisotopic (exact) mass is 280 g/mol. The average Bonchev–Trinajstić information content (AvgIpc) is 2.82. The Hall–Kier alpha value is -1.49. The van der Waals surface area contributed by atoms with Crippen molar-refractivity contribution in [3.05, 3.63) is 23.8 Å². The second-order valence-electron chi connectivity index (χ2n) is 4.81. The van der Waals surface area contributed by atoms with Crippen molar-refractivity contribution in [2.45, 2.75) is 33.4 Å². The van der Waals surface area contributed by atoms with Gasteiger partial charge in [0.1, 0.15) is 0 Å². The van der Waals surface area contributed by atoms with Crippen molar-refractivity contribution in [1.29, 1.82) is 0 Å². The first-order chi connectivity index (χ1) is 9.10. The summed E-state index contributed by atoms with van der Waals surface area (Å²) in [5.41, 5.74) is 1.17. The maximum absolute atomic E-state index is 5.41. The molecule has 1 aromatic rings. The van der Waals surface area contributed by atoms with Crippen LogP contribution in [0.15, 0.2) is 18.2 Å². The van der Waals surface area contributed by atoms with Gasteiger partial charge in [0.15, 0.2) is 16.6 Å². The highest BCUT2D eigenvalue weighted by Crippen LogP contribution is 2.32. The smallest absolute Gasteiger partial charge is 0.231 e. The fourth-order valence-electron chi connectivity index (χ4n) is 1.93. The van der Waals surface area contributed by atoms with E-state index < -0.39 is 0 Å². The number of nitrogens with one attached hydrogen (secondary N) is 1. The van der Waals surface area contributed by atoms with Gasteiger partial charge in [0, 0.05) is 19.1 Å². The van der Waals surface area contributed by atoms with Gasteiger partial charge in [-0.3, -0.25) is 0 Å². The van der Waals surface area contributed by atoms with Crippen molar-refractivity contribution < 1.29 is 9.47 Å². The summed E-state index contributed by atoms with van der Waals surface area (Å²) >= 11 is 5.41. The third-order valence-corrected chi connectivity index (χ3v) is 3.27. The number of ether oxygens (including phenoxy) is 2. The highest BCUT2D eigenvalue weighted by molar-refractivity contribution is 7.80. The molecule has 0 spiro atoms. The summed E-state index contributed by atoms with van der Waals surface area (Å²) in [6.45, 7) is 8.21. The van der Waals surface area contributed by atoms with E-state index in [4.69, 9.17) is 21.7 Å². The summed E-state index contributed by atoms with van der Waals surface area (Å²) in [7, 11) is 0. The Morgan fingerprint density at radius 1 is 1.37 bits per heavy atom. The van der Waals surface area contributed by atoms with Gasteiger partial charge in [-0.05, 0) is 50.7 Å². The summed E-state index contributed by atoms with van der Waals surface area (Å²) in [5, 5.41) is 4.05. The molecule has 1 aliphatic rings. The van der Waals surface area contributed by atoms with Gasteiger partial charge in [-0.25, -0.2) is 0 Å². The molecule has 5 heteroatoms. The SMILES string of the molecule is CCN(Cc1ccc2c(c1)OCO2)C(=S)NC(C)C. The Kier molecular flexibility index (Phi) is 4.47. The molecule has 0 radical (unpaired) electrons. The van der Waals surface area contributed by atoms with Crippen LogP contribution >= 0.6 is 12.2 Å². The van der Waals surface area contributed by atoms with Crippen molar-refractivity contribution >= 4 is 17.3 Å². The first kappa shape index (κ1) is 13.9. The zero-order chi connectivity index (χ0) is 13.8. The van der Waals surface area contributed by atoms with Crippen LogP contribution in [0.2, 0.25) is 0 Å². The molecule has 0 fully saturated rings. The highest BCUT2D eigenvalue weighted by Gasteiger charge is 2.15. The van der Waals surface area contributed by atoms with E-state index >= 15 is 0 Å². The van der Waals surface area contributed by atoms with E-state index in [9.17, 15) is 0 Å². The van der Waals surface area contributed by atoms with Gasteiger partial charge in [0.2, 0.25) is 6.79 Å². The molecule has 0 saturated heterocycles. The largest absolute Gasteiger partial charge is 0.454 e. The Morgan fingerprint density at radius 3 is 2.79 bits per heavy atom. The summed E-state index contributed by atoms with van der Waals surface area (Å²) in [6.07, 6.45) is 0. The van der Waals surface area contributed by atoms with Crippen LogP contribution in [0.4, 0.5) is 0 Å². The van der Waals surface area contributed by atoms with E-state index in [1.54, 1.807) is 0 Å². The van der Waals surface area contributed by atoms with Crippen molar-refractivity contribution in [2.75, 3.05) is 13.3 Å². The van der Waals surface area contributed by atoms with E-state index in [2.05, 4.69) is 31.0 Å². The van der Waals surface area contributed by atoms with Crippen LogP contribution in [-0.4, -0.2) is 29.4 Å². The van der Waals surface area contributed by atoms with Gasteiger partial charge < -0.3 is 19.7 Å².